The highest BCUT2D eigenvalue weighted by molar-refractivity contribution is 5.87. The first-order valence-electron chi connectivity index (χ1n) is 6.82. The van der Waals surface area contributed by atoms with Gasteiger partial charge in [-0.2, -0.15) is 5.26 Å². The molecule has 22 heavy (non-hydrogen) atoms. The Bertz CT molecular complexity index is 693. The van der Waals surface area contributed by atoms with E-state index >= 15 is 0 Å². The number of nitrogens with zero attached hydrogens (tertiary/aromatic N) is 3. The summed E-state index contributed by atoms with van der Waals surface area (Å²) in [4.78, 5) is 18.9. The van der Waals surface area contributed by atoms with Crippen molar-refractivity contribution in [1.82, 2.24) is 9.97 Å². The van der Waals surface area contributed by atoms with E-state index in [0.29, 0.717) is 23.6 Å². The smallest absolute Gasteiger partial charge is 0.338 e. The lowest BCUT2D eigenvalue weighted by atomic mass is 10.1. The van der Waals surface area contributed by atoms with Crippen LogP contribution >= 0.6 is 0 Å². The van der Waals surface area contributed by atoms with Gasteiger partial charge in [-0.15, -0.1) is 0 Å². The van der Waals surface area contributed by atoms with Gasteiger partial charge in [0, 0.05) is 12.4 Å². The van der Waals surface area contributed by atoms with Crippen LogP contribution < -0.4 is 4.74 Å². The summed E-state index contributed by atoms with van der Waals surface area (Å²) >= 11 is 0. The maximum absolute atomic E-state index is 10.8. The van der Waals surface area contributed by atoms with E-state index in [4.69, 9.17) is 15.1 Å². The first-order valence-corrected chi connectivity index (χ1v) is 6.82. The average molecular weight is 297 g/mol. The molecule has 0 aliphatic heterocycles. The van der Waals surface area contributed by atoms with Crippen molar-refractivity contribution in [2.24, 2.45) is 5.92 Å². The number of nitriles is 1. The topological polar surface area (TPSA) is 96.1 Å². The largest absolute Gasteiger partial charge is 0.491 e. The summed E-state index contributed by atoms with van der Waals surface area (Å²) < 4.78 is 5.69. The van der Waals surface area contributed by atoms with Gasteiger partial charge in [0.15, 0.2) is 5.82 Å². The molecule has 6 heteroatoms. The molecule has 0 saturated heterocycles. The lowest BCUT2D eigenvalue weighted by molar-refractivity contribution is 0.0696. The summed E-state index contributed by atoms with van der Waals surface area (Å²) in [6.45, 7) is 2.22. The molecule has 1 unspecified atom stereocenters. The van der Waals surface area contributed by atoms with E-state index in [2.05, 4.69) is 16.0 Å². The van der Waals surface area contributed by atoms with Crippen molar-refractivity contribution in [3.63, 3.8) is 0 Å². The molecule has 0 amide bonds. The highest BCUT2D eigenvalue weighted by Crippen LogP contribution is 2.27. The van der Waals surface area contributed by atoms with Gasteiger partial charge in [0.05, 0.1) is 23.1 Å². The number of aromatic nitrogens is 2. The number of benzene rings is 1. The Labute approximate surface area is 128 Å². The van der Waals surface area contributed by atoms with Crippen LogP contribution in [0.3, 0.4) is 0 Å². The van der Waals surface area contributed by atoms with E-state index < -0.39 is 5.97 Å². The van der Waals surface area contributed by atoms with Crippen LogP contribution in [-0.2, 0) is 0 Å². The summed E-state index contributed by atoms with van der Waals surface area (Å²) in [5, 5.41) is 17.8. The van der Waals surface area contributed by atoms with Crippen LogP contribution in [0.5, 0.6) is 5.75 Å². The fourth-order valence-electron chi connectivity index (χ4n) is 1.79. The summed E-state index contributed by atoms with van der Waals surface area (Å²) in [7, 11) is 0. The SMILES string of the molecule is CCC(C#N)COc1ccccc1-c1ncc(C(=O)O)cn1. The average Bonchev–Trinajstić information content (AvgIpc) is 2.56. The Kier molecular flexibility index (Phi) is 5.04. The number of rotatable bonds is 6. The fourth-order valence-corrected chi connectivity index (χ4v) is 1.79. The molecule has 6 nitrogen and oxygen atoms in total. The van der Waals surface area contributed by atoms with Gasteiger partial charge in [-0.05, 0) is 18.6 Å². The molecule has 112 valence electrons. The predicted octanol–water partition coefficient (Wildman–Crippen LogP) is 2.77. The van der Waals surface area contributed by atoms with Gasteiger partial charge in [-0.1, -0.05) is 19.1 Å². The number of aromatic carboxylic acids is 1. The molecule has 2 aromatic rings. The first kappa shape index (κ1) is 15.4. The number of carboxylic acids is 1. The molecule has 0 aliphatic carbocycles. The van der Waals surface area contributed by atoms with Crippen molar-refractivity contribution in [2.45, 2.75) is 13.3 Å². The molecule has 1 N–H and O–H groups in total. The number of carbonyl (C=O) groups is 1. The maximum atomic E-state index is 10.8. The van der Waals surface area contributed by atoms with E-state index in [0.717, 1.165) is 0 Å². The monoisotopic (exact) mass is 297 g/mol. The van der Waals surface area contributed by atoms with Crippen molar-refractivity contribution >= 4 is 5.97 Å². The number of hydrogen-bond donors (Lipinski definition) is 1. The molecule has 0 spiro atoms. The van der Waals surface area contributed by atoms with Crippen LogP contribution in [0.2, 0.25) is 0 Å². The minimum absolute atomic E-state index is 0.0256. The Morgan fingerprint density at radius 3 is 2.64 bits per heavy atom. The van der Waals surface area contributed by atoms with Crippen LogP contribution in [0, 0.1) is 17.2 Å². The van der Waals surface area contributed by atoms with Crippen molar-refractivity contribution in [3.8, 4) is 23.2 Å². The quantitative estimate of drug-likeness (QED) is 0.880. The zero-order chi connectivity index (χ0) is 15.9. The second kappa shape index (κ2) is 7.18. The molecular weight excluding hydrogens is 282 g/mol. The Morgan fingerprint density at radius 1 is 1.36 bits per heavy atom. The Balaban J connectivity index is 2.24. The van der Waals surface area contributed by atoms with Crippen LogP contribution in [-0.4, -0.2) is 27.7 Å². The molecule has 0 radical (unpaired) electrons. The first-order chi connectivity index (χ1) is 10.7. The van der Waals surface area contributed by atoms with E-state index in [9.17, 15) is 4.79 Å². The van der Waals surface area contributed by atoms with Gasteiger partial charge in [0.25, 0.3) is 0 Å². The molecule has 0 fully saturated rings. The highest BCUT2D eigenvalue weighted by atomic mass is 16.5. The zero-order valence-corrected chi connectivity index (χ0v) is 12.1. The Hall–Kier alpha value is -2.94. The minimum Gasteiger partial charge on any atom is -0.491 e. The van der Waals surface area contributed by atoms with Gasteiger partial charge in [0.1, 0.15) is 12.4 Å². The Morgan fingerprint density at radius 2 is 2.05 bits per heavy atom. The predicted molar refractivity (Wildman–Crippen MR) is 79.3 cm³/mol. The van der Waals surface area contributed by atoms with Crippen molar-refractivity contribution in [1.29, 1.82) is 5.26 Å². The zero-order valence-electron chi connectivity index (χ0n) is 12.1. The maximum Gasteiger partial charge on any atom is 0.338 e. The molecule has 0 aliphatic rings. The third-order valence-electron chi connectivity index (χ3n) is 3.14. The second-order valence-corrected chi connectivity index (χ2v) is 4.64. The van der Waals surface area contributed by atoms with Gasteiger partial charge in [0.2, 0.25) is 0 Å². The second-order valence-electron chi connectivity index (χ2n) is 4.64. The molecule has 1 aromatic heterocycles. The number of ether oxygens (including phenoxy) is 1. The van der Waals surface area contributed by atoms with E-state index in [1.54, 1.807) is 12.1 Å². The van der Waals surface area contributed by atoms with Crippen LogP contribution in [0.4, 0.5) is 0 Å². The van der Waals surface area contributed by atoms with Crippen LogP contribution in [0.15, 0.2) is 36.7 Å². The lowest BCUT2D eigenvalue weighted by Gasteiger charge is -2.12. The molecule has 1 atom stereocenters. The highest BCUT2D eigenvalue weighted by Gasteiger charge is 2.12. The minimum atomic E-state index is -1.07. The summed E-state index contributed by atoms with van der Waals surface area (Å²) in [5.41, 5.74) is 0.685. The van der Waals surface area contributed by atoms with Crippen molar-refractivity contribution in [2.75, 3.05) is 6.61 Å². The molecule has 1 aromatic carbocycles. The molecular formula is C16H15N3O3. The normalized spacial score (nSPS) is 11.5. The third kappa shape index (κ3) is 3.58. The fraction of sp³-hybridized carbons (Fsp3) is 0.250. The summed E-state index contributed by atoms with van der Waals surface area (Å²) in [6, 6.07) is 9.38. The van der Waals surface area contributed by atoms with Crippen LogP contribution in [0.25, 0.3) is 11.4 Å². The van der Waals surface area contributed by atoms with Gasteiger partial charge >= 0.3 is 5.97 Å². The number of hydrogen-bond acceptors (Lipinski definition) is 5. The molecule has 1 heterocycles. The van der Waals surface area contributed by atoms with Crippen LogP contribution in [0.1, 0.15) is 23.7 Å². The van der Waals surface area contributed by atoms with Crippen molar-refractivity contribution < 1.29 is 14.6 Å². The summed E-state index contributed by atoms with van der Waals surface area (Å²) in [5.74, 6) is -0.302. The van der Waals surface area contributed by atoms with E-state index in [1.165, 1.54) is 12.4 Å². The van der Waals surface area contributed by atoms with Gasteiger partial charge in [-0.25, -0.2) is 14.8 Å². The van der Waals surface area contributed by atoms with Crippen molar-refractivity contribution in [3.05, 3.63) is 42.2 Å². The number of carboxylic acid groups (broad SMARTS) is 1. The molecule has 0 bridgehead atoms. The molecule has 2 rings (SSSR count). The third-order valence-corrected chi connectivity index (χ3v) is 3.14. The summed E-state index contributed by atoms with van der Waals surface area (Å²) in [6.07, 6.45) is 3.22. The van der Waals surface area contributed by atoms with Gasteiger partial charge < -0.3 is 9.84 Å². The lowest BCUT2D eigenvalue weighted by Crippen LogP contribution is -2.09. The van der Waals surface area contributed by atoms with Gasteiger partial charge in [-0.3, -0.25) is 0 Å². The standard InChI is InChI=1S/C16H15N3O3/c1-2-11(7-17)10-22-14-6-4-3-5-13(14)15-18-8-12(9-19-15)16(20)21/h3-6,8-9,11H,2,10H2,1H3,(H,20,21). The van der Waals surface area contributed by atoms with E-state index in [1.807, 2.05) is 19.1 Å². The van der Waals surface area contributed by atoms with E-state index in [-0.39, 0.29) is 18.1 Å². The number of para-hydroxylation sites is 1. The molecule has 0 saturated carbocycles.